The van der Waals surface area contributed by atoms with Gasteiger partial charge in [0.1, 0.15) is 12.6 Å². The Morgan fingerprint density at radius 2 is 1.83 bits per heavy atom. The lowest BCUT2D eigenvalue weighted by molar-refractivity contribution is -0.125. The summed E-state index contributed by atoms with van der Waals surface area (Å²) < 4.78 is 0. The van der Waals surface area contributed by atoms with E-state index in [0.717, 1.165) is 16.8 Å². The fraction of sp³-hybridized carbons (Fsp3) is 0.190. The third-order valence-corrected chi connectivity index (χ3v) is 5.33. The average molecular weight is 407 g/mol. The van der Waals surface area contributed by atoms with Gasteiger partial charge in [-0.05, 0) is 16.5 Å². The summed E-state index contributed by atoms with van der Waals surface area (Å²) in [6.45, 7) is -0.0670. The summed E-state index contributed by atoms with van der Waals surface area (Å²) in [6.07, 6.45) is 0.444. The number of rotatable bonds is 7. The first-order valence-electron chi connectivity index (χ1n) is 9.07. The predicted octanol–water partition coefficient (Wildman–Crippen LogP) is 1.84. The Hall–Kier alpha value is -3.44. The van der Waals surface area contributed by atoms with Crippen LogP contribution in [0.2, 0.25) is 0 Å². The number of hydrogen-bond donors (Lipinski definition) is 3. The summed E-state index contributed by atoms with van der Waals surface area (Å²) in [4.78, 5) is 19.3. The number of thioether (sulfide) groups is 1. The van der Waals surface area contributed by atoms with Crippen LogP contribution >= 0.6 is 11.8 Å². The Balaban J connectivity index is 2.01. The van der Waals surface area contributed by atoms with Crippen molar-refractivity contribution in [2.75, 3.05) is 6.54 Å². The second kappa shape index (κ2) is 9.66. The maximum absolute atomic E-state index is 13.1. The monoisotopic (exact) mass is 406 g/mol. The molecule has 148 valence electrons. The van der Waals surface area contributed by atoms with Crippen LogP contribution in [0.5, 0.6) is 0 Å². The SMILES string of the molecule is N#CCNC(=O)C(Cc1ccccc1)N1C(c2ccccc2)=CSC1N=C(N)N. The van der Waals surface area contributed by atoms with Crippen LogP contribution in [0.1, 0.15) is 11.1 Å². The van der Waals surface area contributed by atoms with Crippen molar-refractivity contribution in [3.63, 3.8) is 0 Å². The molecule has 1 amide bonds. The summed E-state index contributed by atoms with van der Waals surface area (Å²) >= 11 is 1.43. The molecule has 2 aromatic rings. The van der Waals surface area contributed by atoms with Crippen molar-refractivity contribution in [1.29, 1.82) is 5.26 Å². The first kappa shape index (κ1) is 20.3. The van der Waals surface area contributed by atoms with Gasteiger partial charge in [-0.15, -0.1) is 0 Å². The Labute approximate surface area is 174 Å². The molecule has 1 aliphatic heterocycles. The van der Waals surface area contributed by atoms with Gasteiger partial charge in [0, 0.05) is 6.42 Å². The Kier molecular flexibility index (Phi) is 6.76. The number of benzene rings is 2. The van der Waals surface area contributed by atoms with Crippen molar-refractivity contribution in [2.24, 2.45) is 16.5 Å². The van der Waals surface area contributed by atoms with Gasteiger partial charge in [0.2, 0.25) is 5.91 Å². The van der Waals surface area contributed by atoms with Gasteiger partial charge >= 0.3 is 0 Å². The van der Waals surface area contributed by atoms with Gasteiger partial charge in [0.15, 0.2) is 11.5 Å². The normalized spacial score (nSPS) is 16.4. The third kappa shape index (κ3) is 5.09. The third-order valence-electron chi connectivity index (χ3n) is 4.40. The molecule has 1 aliphatic rings. The van der Waals surface area contributed by atoms with E-state index in [1.165, 1.54) is 11.8 Å². The lowest BCUT2D eigenvalue weighted by atomic mass is 10.0. The Bertz CT molecular complexity index is 935. The van der Waals surface area contributed by atoms with Gasteiger partial charge in [-0.25, -0.2) is 4.99 Å². The summed E-state index contributed by atoms with van der Waals surface area (Å²) in [5.41, 5.74) is 13.6. The van der Waals surface area contributed by atoms with Gasteiger partial charge in [-0.2, -0.15) is 5.26 Å². The largest absolute Gasteiger partial charge is 0.370 e. The van der Waals surface area contributed by atoms with E-state index >= 15 is 0 Å². The molecule has 7 nitrogen and oxygen atoms in total. The summed E-state index contributed by atoms with van der Waals surface area (Å²) in [5, 5.41) is 13.6. The number of nitrogens with two attached hydrogens (primary N) is 2. The maximum Gasteiger partial charge on any atom is 0.243 e. The van der Waals surface area contributed by atoms with Gasteiger partial charge in [-0.3, -0.25) is 4.79 Å². The number of amides is 1. The van der Waals surface area contributed by atoms with E-state index in [-0.39, 0.29) is 18.4 Å². The maximum atomic E-state index is 13.1. The quantitative estimate of drug-likeness (QED) is 0.367. The number of hydrogen-bond acceptors (Lipinski definition) is 5. The Morgan fingerprint density at radius 3 is 2.45 bits per heavy atom. The molecule has 0 saturated heterocycles. The molecule has 2 unspecified atom stereocenters. The number of carbonyl (C=O) groups excluding carboxylic acids is 1. The molecule has 0 aromatic heterocycles. The van der Waals surface area contributed by atoms with Crippen LogP contribution in [0, 0.1) is 11.3 Å². The molecule has 8 heteroatoms. The van der Waals surface area contributed by atoms with E-state index in [4.69, 9.17) is 16.7 Å². The molecule has 5 N–H and O–H groups in total. The summed E-state index contributed by atoms with van der Waals surface area (Å²) in [6, 6.07) is 20.8. The number of nitriles is 1. The molecular weight excluding hydrogens is 384 g/mol. The number of carbonyl (C=O) groups is 1. The lowest BCUT2D eigenvalue weighted by Crippen LogP contribution is -2.49. The Morgan fingerprint density at radius 1 is 1.17 bits per heavy atom. The molecule has 0 spiro atoms. The highest BCUT2D eigenvalue weighted by atomic mass is 32.2. The van der Waals surface area contributed by atoms with Crippen LogP contribution in [0.15, 0.2) is 71.1 Å². The molecule has 0 radical (unpaired) electrons. The van der Waals surface area contributed by atoms with Gasteiger partial charge < -0.3 is 21.7 Å². The van der Waals surface area contributed by atoms with Gasteiger partial charge in [-0.1, -0.05) is 72.4 Å². The minimum absolute atomic E-state index is 0.0499. The zero-order chi connectivity index (χ0) is 20.6. The smallest absolute Gasteiger partial charge is 0.243 e. The first-order valence-corrected chi connectivity index (χ1v) is 10.0. The van der Waals surface area contributed by atoms with Crippen molar-refractivity contribution in [1.82, 2.24) is 10.2 Å². The minimum atomic E-state index is -0.597. The molecule has 0 aliphatic carbocycles. The van der Waals surface area contributed by atoms with Gasteiger partial charge in [0.25, 0.3) is 0 Å². The molecule has 29 heavy (non-hydrogen) atoms. The zero-order valence-electron chi connectivity index (χ0n) is 15.7. The van der Waals surface area contributed by atoms with Crippen molar-refractivity contribution >= 4 is 29.3 Å². The second-order valence-corrected chi connectivity index (χ2v) is 7.30. The number of guanidine groups is 1. The first-order chi connectivity index (χ1) is 14.1. The topological polar surface area (TPSA) is 121 Å². The fourth-order valence-electron chi connectivity index (χ4n) is 3.14. The lowest BCUT2D eigenvalue weighted by Gasteiger charge is -2.34. The molecule has 0 bridgehead atoms. The predicted molar refractivity (Wildman–Crippen MR) is 116 cm³/mol. The number of nitrogens with one attached hydrogen (secondary N) is 1. The van der Waals surface area contributed by atoms with Crippen LogP contribution < -0.4 is 16.8 Å². The highest BCUT2D eigenvalue weighted by Gasteiger charge is 2.37. The van der Waals surface area contributed by atoms with Crippen molar-refractivity contribution in [3.8, 4) is 6.07 Å². The zero-order valence-corrected chi connectivity index (χ0v) is 16.5. The van der Waals surface area contributed by atoms with Crippen molar-refractivity contribution in [2.45, 2.75) is 18.0 Å². The molecule has 3 rings (SSSR count). The molecule has 2 aromatic carbocycles. The second-order valence-electron chi connectivity index (χ2n) is 6.37. The van der Waals surface area contributed by atoms with Crippen molar-refractivity contribution in [3.05, 3.63) is 77.2 Å². The average Bonchev–Trinajstić information content (AvgIpc) is 3.14. The fourth-order valence-corrected chi connectivity index (χ4v) is 4.22. The van der Waals surface area contributed by atoms with E-state index < -0.39 is 11.5 Å². The molecule has 0 fully saturated rings. The van der Waals surface area contributed by atoms with Crippen LogP contribution in [0.3, 0.4) is 0 Å². The van der Waals surface area contributed by atoms with Gasteiger partial charge in [0.05, 0.1) is 11.8 Å². The van der Waals surface area contributed by atoms with Crippen molar-refractivity contribution < 1.29 is 4.79 Å². The van der Waals surface area contributed by atoms with Crippen LogP contribution in [0.4, 0.5) is 0 Å². The molecular formula is C21H22N6OS. The standard InChI is InChI=1S/C21H22N6OS/c22-11-12-25-19(28)17(13-15-7-3-1-4-8-15)27-18(16-9-5-2-6-10-16)14-29-21(27)26-20(23)24/h1-10,14,17,21H,12-13H2,(H,25,28)(H4,23,24,26). The number of aliphatic imine (C=N–C) groups is 1. The van der Waals surface area contributed by atoms with E-state index in [1.54, 1.807) is 0 Å². The van der Waals surface area contributed by atoms with Crippen LogP contribution in [-0.4, -0.2) is 34.9 Å². The van der Waals surface area contributed by atoms with Crippen LogP contribution in [0.25, 0.3) is 5.70 Å². The highest BCUT2D eigenvalue weighted by Crippen LogP contribution is 2.39. The molecule has 2 atom stereocenters. The van der Waals surface area contributed by atoms with E-state index in [2.05, 4.69) is 10.3 Å². The number of nitrogens with zero attached hydrogens (tertiary/aromatic N) is 3. The van der Waals surface area contributed by atoms with E-state index in [1.807, 2.05) is 77.0 Å². The van der Waals surface area contributed by atoms with E-state index in [0.29, 0.717) is 6.42 Å². The minimum Gasteiger partial charge on any atom is -0.370 e. The summed E-state index contributed by atoms with van der Waals surface area (Å²) in [5.74, 6) is -0.304. The van der Waals surface area contributed by atoms with E-state index in [9.17, 15) is 4.79 Å². The molecule has 0 saturated carbocycles. The highest BCUT2D eigenvalue weighted by molar-refractivity contribution is 8.03. The van der Waals surface area contributed by atoms with Crippen LogP contribution in [-0.2, 0) is 11.2 Å². The summed E-state index contributed by atoms with van der Waals surface area (Å²) in [7, 11) is 0. The molecule has 1 heterocycles.